The first-order valence-corrected chi connectivity index (χ1v) is 17.1. The minimum Gasteiger partial charge on any atom is -0.378 e. The summed E-state index contributed by atoms with van der Waals surface area (Å²) in [6, 6.07) is 1.46. The molecule has 0 bridgehead atoms. The minimum atomic E-state index is 0.220. The van der Waals surface area contributed by atoms with E-state index in [4.69, 9.17) is 4.74 Å². The maximum Gasteiger partial charge on any atom is 0.0938 e. The van der Waals surface area contributed by atoms with Crippen LogP contribution in [-0.2, 0) is 4.74 Å². The lowest BCUT2D eigenvalue weighted by molar-refractivity contribution is 0.00730. The molecule has 0 aromatic rings. The highest BCUT2D eigenvalue weighted by molar-refractivity contribution is 14.1. The molecule has 2 aliphatic rings. The predicted octanol–water partition coefficient (Wildman–Crippen LogP) is 6.67. The third kappa shape index (κ3) is 8.07. The smallest absolute Gasteiger partial charge is 0.0938 e. The first-order chi connectivity index (χ1) is 11.8. The van der Waals surface area contributed by atoms with E-state index in [1.54, 1.807) is 0 Å². The van der Waals surface area contributed by atoms with E-state index >= 15 is 0 Å². The van der Waals surface area contributed by atoms with Crippen molar-refractivity contribution in [2.75, 3.05) is 6.61 Å². The molecule has 0 spiro atoms. The van der Waals surface area contributed by atoms with Crippen LogP contribution in [0.25, 0.3) is 0 Å². The second-order valence-corrected chi connectivity index (χ2v) is 12.8. The van der Waals surface area contributed by atoms with E-state index < -0.39 is 0 Å². The van der Waals surface area contributed by atoms with Crippen LogP contribution in [0.15, 0.2) is 0 Å². The monoisotopic (exact) mass is 464 g/mol. The van der Waals surface area contributed by atoms with Gasteiger partial charge in [0.05, 0.1) is 13.1 Å². The largest absolute Gasteiger partial charge is 0.378 e. The van der Waals surface area contributed by atoms with Crippen LogP contribution in [0.3, 0.4) is 0 Å². The van der Waals surface area contributed by atoms with Crippen molar-refractivity contribution in [3.63, 3.8) is 0 Å². The minimum absolute atomic E-state index is 0.220. The second kappa shape index (κ2) is 13.1. The lowest BCUT2D eigenvalue weighted by atomic mass is 9.70. The molecule has 2 rings (SSSR count). The number of hydrogen-bond donors (Lipinski definition) is 0. The Hall–Kier alpha value is 0.907. The van der Waals surface area contributed by atoms with E-state index in [9.17, 15) is 0 Å². The standard InChI is InChI=1S/C21H41IOSi/c1-2-3-4-5-7-18-8-10-19(11-9-18)20-12-14-21(15-13-20)23-16-6-17-24-22/h18-21H,2-17,24H2,1H3. The molecule has 0 aliphatic heterocycles. The Kier molecular flexibility index (Phi) is 11.6. The molecule has 0 aromatic heterocycles. The summed E-state index contributed by atoms with van der Waals surface area (Å²) < 4.78 is 6.12. The van der Waals surface area contributed by atoms with Crippen molar-refractivity contribution in [2.45, 2.75) is 109 Å². The molecule has 24 heavy (non-hydrogen) atoms. The fraction of sp³-hybridized carbons (Fsp3) is 1.00. The Labute approximate surface area is 166 Å². The van der Waals surface area contributed by atoms with Crippen LogP contribution in [0.4, 0.5) is 0 Å². The maximum absolute atomic E-state index is 6.12. The lowest BCUT2D eigenvalue weighted by Crippen LogP contribution is -2.28. The SMILES string of the molecule is CCCCCCC1CCC(C2CCC(OCCC[SiH2]I)CC2)CC1. The van der Waals surface area contributed by atoms with Crippen molar-refractivity contribution >= 4 is 28.8 Å². The molecule has 3 heteroatoms. The van der Waals surface area contributed by atoms with Crippen LogP contribution in [0.5, 0.6) is 0 Å². The van der Waals surface area contributed by atoms with Gasteiger partial charge in [-0.3, -0.25) is 0 Å². The number of halogens is 1. The quantitative estimate of drug-likeness (QED) is 0.144. The Morgan fingerprint density at radius 1 is 0.833 bits per heavy atom. The molecular formula is C21H41IOSi. The Bertz CT molecular complexity index is 266. The molecule has 2 fully saturated rings. The summed E-state index contributed by atoms with van der Waals surface area (Å²) in [6.45, 7) is 3.35. The number of rotatable bonds is 11. The van der Waals surface area contributed by atoms with Crippen molar-refractivity contribution in [3.8, 4) is 0 Å². The van der Waals surface area contributed by atoms with Gasteiger partial charge >= 0.3 is 0 Å². The predicted molar refractivity (Wildman–Crippen MR) is 118 cm³/mol. The summed E-state index contributed by atoms with van der Waals surface area (Å²) in [5, 5.41) is 0. The maximum atomic E-state index is 6.12. The lowest BCUT2D eigenvalue weighted by Gasteiger charge is -2.38. The molecular weight excluding hydrogens is 423 g/mol. The third-order valence-corrected chi connectivity index (χ3v) is 9.68. The second-order valence-electron chi connectivity index (χ2n) is 8.43. The zero-order valence-electron chi connectivity index (χ0n) is 16.1. The van der Waals surface area contributed by atoms with Crippen molar-refractivity contribution in [3.05, 3.63) is 0 Å². The van der Waals surface area contributed by atoms with E-state index in [2.05, 4.69) is 28.7 Å². The van der Waals surface area contributed by atoms with Crippen molar-refractivity contribution < 1.29 is 4.74 Å². The van der Waals surface area contributed by atoms with E-state index in [0.717, 1.165) is 24.4 Å². The van der Waals surface area contributed by atoms with Gasteiger partial charge in [-0.2, -0.15) is 0 Å². The van der Waals surface area contributed by atoms with E-state index in [1.807, 2.05) is 0 Å². The number of ether oxygens (including phenoxy) is 1. The molecule has 0 aromatic carbocycles. The summed E-state index contributed by atoms with van der Waals surface area (Å²) in [5.41, 5.74) is 0. The van der Waals surface area contributed by atoms with Gasteiger partial charge in [-0.1, -0.05) is 57.9 Å². The first-order valence-electron chi connectivity index (χ1n) is 11.0. The average Bonchev–Trinajstić information content (AvgIpc) is 2.64. The Morgan fingerprint density at radius 3 is 2.12 bits per heavy atom. The molecule has 1 nitrogen and oxygen atoms in total. The van der Waals surface area contributed by atoms with Crippen LogP contribution in [0, 0.1) is 17.8 Å². The van der Waals surface area contributed by atoms with Gasteiger partial charge in [0, 0.05) is 6.61 Å². The number of unbranched alkanes of at least 4 members (excludes halogenated alkanes) is 3. The molecule has 0 saturated heterocycles. The summed E-state index contributed by atoms with van der Waals surface area (Å²) >= 11 is 2.60. The van der Waals surface area contributed by atoms with Gasteiger partial charge in [0.25, 0.3) is 0 Å². The first kappa shape index (κ1) is 21.2. The van der Waals surface area contributed by atoms with Gasteiger partial charge in [-0.05, 0) is 62.7 Å². The molecule has 0 N–H and O–H groups in total. The van der Waals surface area contributed by atoms with Crippen LogP contribution in [0.1, 0.15) is 96.8 Å². The average molecular weight is 465 g/mol. The zero-order valence-corrected chi connectivity index (χ0v) is 19.7. The molecule has 0 heterocycles. The summed E-state index contributed by atoms with van der Waals surface area (Å²) in [6.07, 6.45) is 21.0. The van der Waals surface area contributed by atoms with E-state index in [1.165, 1.54) is 95.9 Å². The van der Waals surface area contributed by atoms with Crippen LogP contribution in [-0.4, -0.2) is 19.7 Å². The van der Waals surface area contributed by atoms with Crippen molar-refractivity contribution in [2.24, 2.45) is 17.8 Å². The van der Waals surface area contributed by atoms with Gasteiger partial charge < -0.3 is 4.74 Å². The van der Waals surface area contributed by atoms with Crippen LogP contribution in [0.2, 0.25) is 6.04 Å². The molecule has 2 saturated carbocycles. The molecule has 0 radical (unpaired) electrons. The van der Waals surface area contributed by atoms with Crippen molar-refractivity contribution in [1.29, 1.82) is 0 Å². The molecule has 142 valence electrons. The Balaban J connectivity index is 1.54. The van der Waals surface area contributed by atoms with Gasteiger partial charge in [0.2, 0.25) is 0 Å². The summed E-state index contributed by atoms with van der Waals surface area (Å²) in [5.74, 6) is 3.16. The van der Waals surface area contributed by atoms with E-state index in [0.29, 0.717) is 6.10 Å². The summed E-state index contributed by atoms with van der Waals surface area (Å²) in [7, 11) is 0.220. The zero-order chi connectivity index (χ0) is 17.0. The molecule has 0 amide bonds. The van der Waals surface area contributed by atoms with E-state index in [-0.39, 0.29) is 7.02 Å². The topological polar surface area (TPSA) is 9.23 Å². The van der Waals surface area contributed by atoms with Crippen molar-refractivity contribution in [1.82, 2.24) is 0 Å². The van der Waals surface area contributed by atoms with Gasteiger partial charge in [0.1, 0.15) is 0 Å². The van der Waals surface area contributed by atoms with Crippen LogP contribution < -0.4 is 0 Å². The fourth-order valence-electron chi connectivity index (χ4n) is 4.98. The molecule has 0 unspecified atom stereocenters. The fourth-order valence-corrected chi connectivity index (χ4v) is 6.99. The Morgan fingerprint density at radius 2 is 1.50 bits per heavy atom. The molecule has 2 aliphatic carbocycles. The normalized spacial score (nSPS) is 31.8. The highest BCUT2D eigenvalue weighted by Gasteiger charge is 2.30. The summed E-state index contributed by atoms with van der Waals surface area (Å²) in [4.78, 5) is 0. The van der Waals surface area contributed by atoms with Gasteiger partial charge in [-0.25, -0.2) is 0 Å². The van der Waals surface area contributed by atoms with Gasteiger partial charge in [0.15, 0.2) is 0 Å². The highest BCUT2D eigenvalue weighted by atomic mass is 127. The molecule has 0 atom stereocenters. The number of hydrogen-bond acceptors (Lipinski definition) is 1. The highest BCUT2D eigenvalue weighted by Crippen LogP contribution is 2.41. The van der Waals surface area contributed by atoms with Crippen LogP contribution >= 0.6 is 21.8 Å². The van der Waals surface area contributed by atoms with Gasteiger partial charge in [-0.15, -0.1) is 21.8 Å². The third-order valence-electron chi connectivity index (χ3n) is 6.62.